The number of phenolic OH excluding ortho intramolecular Hbond substituents is 2. The van der Waals surface area contributed by atoms with Gasteiger partial charge in [0.2, 0.25) is 0 Å². The third kappa shape index (κ3) is 3.92. The third-order valence-corrected chi connectivity index (χ3v) is 4.82. The minimum atomic E-state index is -0.404. The van der Waals surface area contributed by atoms with Crippen LogP contribution in [0.4, 0.5) is 0 Å². The zero-order valence-electron chi connectivity index (χ0n) is 16.3. The van der Waals surface area contributed by atoms with Crippen LogP contribution in [0.1, 0.15) is 38.2 Å². The Morgan fingerprint density at radius 2 is 1.54 bits per heavy atom. The Balaban J connectivity index is 2.09. The summed E-state index contributed by atoms with van der Waals surface area (Å²) in [4.78, 5) is 11.7. The van der Waals surface area contributed by atoms with Crippen LogP contribution in [0.15, 0.2) is 48.5 Å². The minimum Gasteiger partial charge on any atom is -0.504 e. The predicted octanol–water partition coefficient (Wildman–Crippen LogP) is 5.22. The van der Waals surface area contributed by atoms with Crippen molar-refractivity contribution in [1.82, 2.24) is 0 Å². The Labute approximate surface area is 165 Å². The molecule has 0 amide bonds. The summed E-state index contributed by atoms with van der Waals surface area (Å²) in [5, 5.41) is 20.7. The molecule has 0 radical (unpaired) electrons. The van der Waals surface area contributed by atoms with Crippen LogP contribution >= 0.6 is 0 Å². The molecule has 144 valence electrons. The smallest absolute Gasteiger partial charge is 0.168 e. The average molecular weight is 376 g/mol. The van der Waals surface area contributed by atoms with Gasteiger partial charge in [-0.05, 0) is 37.5 Å². The molecule has 0 unspecified atom stereocenters. The van der Waals surface area contributed by atoms with Gasteiger partial charge >= 0.3 is 0 Å². The number of aldehydes is 1. The van der Waals surface area contributed by atoms with Crippen LogP contribution in [0.5, 0.6) is 11.5 Å². The van der Waals surface area contributed by atoms with Gasteiger partial charge in [-0.1, -0.05) is 59.7 Å². The molecule has 0 aliphatic carbocycles. The van der Waals surface area contributed by atoms with Crippen molar-refractivity contribution in [3.8, 4) is 22.6 Å². The highest BCUT2D eigenvalue weighted by atomic mass is 16.5. The number of carbonyl (C=O) groups excluding carboxylic acids is 1. The van der Waals surface area contributed by atoms with E-state index in [1.54, 1.807) is 6.92 Å². The number of hydrogen-bond donors (Lipinski definition) is 2. The number of hydrogen-bond acceptors (Lipinski definition) is 4. The van der Waals surface area contributed by atoms with Crippen LogP contribution in [0.3, 0.4) is 0 Å². The Hall–Kier alpha value is -3.11. The molecule has 4 heteroatoms. The highest BCUT2D eigenvalue weighted by Crippen LogP contribution is 2.43. The van der Waals surface area contributed by atoms with Crippen molar-refractivity contribution in [3.63, 3.8) is 0 Å². The molecule has 4 nitrogen and oxygen atoms in total. The van der Waals surface area contributed by atoms with Crippen LogP contribution < -0.4 is 0 Å². The lowest BCUT2D eigenvalue weighted by Crippen LogP contribution is -2.04. The Morgan fingerprint density at radius 1 is 0.893 bits per heavy atom. The molecule has 0 bridgehead atoms. The van der Waals surface area contributed by atoms with Gasteiger partial charge in [0.05, 0.1) is 18.8 Å². The van der Waals surface area contributed by atoms with Crippen molar-refractivity contribution < 1.29 is 19.7 Å². The van der Waals surface area contributed by atoms with Gasteiger partial charge in [-0.15, -0.1) is 0 Å². The predicted molar refractivity (Wildman–Crippen MR) is 110 cm³/mol. The van der Waals surface area contributed by atoms with Crippen LogP contribution in [0, 0.1) is 20.8 Å². The van der Waals surface area contributed by atoms with E-state index in [9.17, 15) is 15.0 Å². The fraction of sp³-hybridized carbons (Fsp3) is 0.208. The van der Waals surface area contributed by atoms with Crippen LogP contribution in [0.25, 0.3) is 11.1 Å². The zero-order valence-corrected chi connectivity index (χ0v) is 16.3. The maximum Gasteiger partial charge on any atom is 0.168 e. The maximum atomic E-state index is 11.7. The van der Waals surface area contributed by atoms with E-state index in [-0.39, 0.29) is 17.9 Å². The SMILES string of the molecule is Cc1cc(C)cc(-c2c(C)c(O)c(O)c(C=O)c2COCc2ccccc2)c1. The second kappa shape index (κ2) is 8.28. The summed E-state index contributed by atoms with van der Waals surface area (Å²) in [5.41, 5.74) is 5.92. The van der Waals surface area contributed by atoms with E-state index in [0.717, 1.165) is 27.8 Å². The highest BCUT2D eigenvalue weighted by Gasteiger charge is 2.22. The number of benzene rings is 3. The molecule has 28 heavy (non-hydrogen) atoms. The largest absolute Gasteiger partial charge is 0.504 e. The lowest BCUT2D eigenvalue weighted by Gasteiger charge is -2.19. The van der Waals surface area contributed by atoms with Crippen LogP contribution in [-0.2, 0) is 18.0 Å². The Bertz CT molecular complexity index is 987. The fourth-order valence-corrected chi connectivity index (χ4v) is 3.56. The molecule has 2 N–H and O–H groups in total. The number of aromatic hydroxyl groups is 2. The van der Waals surface area contributed by atoms with Gasteiger partial charge in [0.1, 0.15) is 0 Å². The number of aryl methyl sites for hydroxylation is 2. The number of ether oxygens (including phenoxy) is 1. The molecular weight excluding hydrogens is 352 g/mol. The summed E-state index contributed by atoms with van der Waals surface area (Å²) >= 11 is 0. The van der Waals surface area contributed by atoms with Crippen molar-refractivity contribution in [3.05, 3.63) is 81.9 Å². The normalized spacial score (nSPS) is 10.8. The van der Waals surface area contributed by atoms with E-state index in [4.69, 9.17) is 4.74 Å². The van der Waals surface area contributed by atoms with Crippen LogP contribution in [0.2, 0.25) is 0 Å². The summed E-state index contributed by atoms with van der Waals surface area (Å²) in [6.45, 7) is 6.25. The van der Waals surface area contributed by atoms with Gasteiger partial charge < -0.3 is 14.9 Å². The second-order valence-corrected chi connectivity index (χ2v) is 7.06. The van der Waals surface area contributed by atoms with Crippen molar-refractivity contribution in [1.29, 1.82) is 0 Å². The molecule has 3 aromatic rings. The molecule has 0 spiro atoms. The molecule has 0 aliphatic rings. The summed E-state index contributed by atoms with van der Waals surface area (Å²) in [6.07, 6.45) is 0.571. The van der Waals surface area contributed by atoms with E-state index >= 15 is 0 Å². The summed E-state index contributed by atoms with van der Waals surface area (Å²) < 4.78 is 5.87. The molecule has 0 fully saturated rings. The summed E-state index contributed by atoms with van der Waals surface area (Å²) in [6, 6.07) is 15.8. The first-order valence-electron chi connectivity index (χ1n) is 9.15. The minimum absolute atomic E-state index is 0.0605. The second-order valence-electron chi connectivity index (χ2n) is 7.06. The average Bonchev–Trinajstić information content (AvgIpc) is 2.66. The molecule has 0 heterocycles. The van der Waals surface area contributed by atoms with Gasteiger partial charge in [0.25, 0.3) is 0 Å². The molecule has 0 aromatic heterocycles. The topological polar surface area (TPSA) is 66.8 Å². The third-order valence-electron chi connectivity index (χ3n) is 4.82. The fourth-order valence-electron chi connectivity index (χ4n) is 3.56. The first kappa shape index (κ1) is 19.6. The molecule has 3 rings (SSSR count). The number of phenols is 2. The van der Waals surface area contributed by atoms with Crippen molar-refractivity contribution in [2.24, 2.45) is 0 Å². The van der Waals surface area contributed by atoms with E-state index in [1.807, 2.05) is 56.3 Å². The molecule has 0 atom stereocenters. The van der Waals surface area contributed by atoms with E-state index < -0.39 is 5.75 Å². The highest BCUT2D eigenvalue weighted by molar-refractivity contribution is 5.90. The van der Waals surface area contributed by atoms with Gasteiger partial charge in [0, 0.05) is 11.1 Å². The molecule has 0 saturated carbocycles. The Morgan fingerprint density at radius 3 is 2.14 bits per heavy atom. The quantitative estimate of drug-likeness (QED) is 0.457. The first-order valence-corrected chi connectivity index (χ1v) is 9.15. The van der Waals surface area contributed by atoms with Gasteiger partial charge in [-0.2, -0.15) is 0 Å². The van der Waals surface area contributed by atoms with Gasteiger partial charge in [-0.3, -0.25) is 4.79 Å². The molecule has 3 aromatic carbocycles. The maximum absolute atomic E-state index is 11.7. The summed E-state index contributed by atoms with van der Waals surface area (Å²) in [5.74, 6) is -0.679. The lowest BCUT2D eigenvalue weighted by atomic mass is 9.89. The van der Waals surface area contributed by atoms with Crippen molar-refractivity contribution in [2.45, 2.75) is 34.0 Å². The monoisotopic (exact) mass is 376 g/mol. The van der Waals surface area contributed by atoms with Crippen molar-refractivity contribution >= 4 is 6.29 Å². The Kier molecular flexibility index (Phi) is 5.81. The summed E-state index contributed by atoms with van der Waals surface area (Å²) in [7, 11) is 0. The van der Waals surface area contributed by atoms with Crippen molar-refractivity contribution in [2.75, 3.05) is 0 Å². The number of carbonyl (C=O) groups is 1. The van der Waals surface area contributed by atoms with Crippen LogP contribution in [-0.4, -0.2) is 16.5 Å². The standard InChI is InChI=1S/C24H24O4/c1-15-9-16(2)11-19(10-15)22-17(3)23(26)24(27)20(12-25)21(22)14-28-13-18-7-5-4-6-8-18/h4-12,26-27H,13-14H2,1-3H3. The van der Waals surface area contributed by atoms with Gasteiger partial charge in [0.15, 0.2) is 17.8 Å². The number of rotatable bonds is 6. The molecule has 0 saturated heterocycles. The zero-order chi connectivity index (χ0) is 20.3. The van der Waals surface area contributed by atoms with E-state index in [2.05, 4.69) is 6.07 Å². The van der Waals surface area contributed by atoms with Gasteiger partial charge in [-0.25, -0.2) is 0 Å². The van der Waals surface area contributed by atoms with E-state index in [1.165, 1.54) is 0 Å². The molecule has 0 aliphatic heterocycles. The molecular formula is C24H24O4. The first-order chi connectivity index (χ1) is 13.4. The van der Waals surface area contributed by atoms with E-state index in [0.29, 0.717) is 24.0 Å². The lowest BCUT2D eigenvalue weighted by molar-refractivity contribution is 0.103.